The Bertz CT molecular complexity index is 188. The summed E-state index contributed by atoms with van der Waals surface area (Å²) in [5, 5.41) is 0. The van der Waals surface area contributed by atoms with E-state index in [0.29, 0.717) is 5.92 Å². The van der Waals surface area contributed by atoms with Crippen LogP contribution in [0, 0.1) is 23.2 Å². The third kappa shape index (κ3) is 0.889. The van der Waals surface area contributed by atoms with Crippen LogP contribution < -0.4 is 0 Å². The van der Waals surface area contributed by atoms with Gasteiger partial charge in [0.25, 0.3) is 0 Å². The molecule has 0 N–H and O–H groups in total. The molecular formula is C10H18. The molecule has 0 spiro atoms. The molecule has 0 atom stereocenters. The standard InChI is InChI=1S/C10H18/c1-10(2,3)6-9-7-4-8(9)5-7/h7-9H,4-6H2,1-3H3/i6D2. The molecule has 0 aromatic carbocycles. The zero-order valence-electron chi connectivity index (χ0n) is 9.15. The van der Waals surface area contributed by atoms with Crippen molar-refractivity contribution in [2.24, 2.45) is 23.2 Å². The third-order valence-corrected chi connectivity index (χ3v) is 2.83. The molecule has 0 heteroatoms. The molecule has 0 unspecified atom stereocenters. The van der Waals surface area contributed by atoms with Crippen LogP contribution in [0.15, 0.2) is 0 Å². The van der Waals surface area contributed by atoms with E-state index in [1.807, 2.05) is 20.8 Å². The Balaban J connectivity index is 2.11. The van der Waals surface area contributed by atoms with Crippen LogP contribution >= 0.6 is 0 Å². The van der Waals surface area contributed by atoms with E-state index in [1.165, 1.54) is 12.8 Å². The van der Waals surface area contributed by atoms with E-state index in [2.05, 4.69) is 0 Å². The van der Waals surface area contributed by atoms with E-state index in [0.717, 1.165) is 11.8 Å². The van der Waals surface area contributed by atoms with Gasteiger partial charge in [-0.25, -0.2) is 0 Å². The molecule has 0 aromatic heterocycles. The lowest BCUT2D eigenvalue weighted by Crippen LogP contribution is -2.51. The van der Waals surface area contributed by atoms with Crippen molar-refractivity contribution in [1.29, 1.82) is 0 Å². The van der Waals surface area contributed by atoms with Gasteiger partial charge in [-0.2, -0.15) is 0 Å². The lowest BCUT2D eigenvalue weighted by atomic mass is 9.45. The first-order valence-electron chi connectivity index (χ1n) is 5.34. The lowest BCUT2D eigenvalue weighted by Gasteiger charge is -2.60. The van der Waals surface area contributed by atoms with Crippen LogP contribution in [0.4, 0.5) is 0 Å². The highest BCUT2D eigenvalue weighted by Gasteiger charge is 2.52. The van der Waals surface area contributed by atoms with Crippen molar-refractivity contribution >= 4 is 0 Å². The molecule has 58 valence electrons. The second-order valence-corrected chi connectivity index (χ2v) is 4.91. The van der Waals surface area contributed by atoms with Gasteiger partial charge in [0.05, 0.1) is 0 Å². The lowest BCUT2D eigenvalue weighted by molar-refractivity contribution is -0.0999. The molecule has 2 bridgehead atoms. The predicted octanol–water partition coefficient (Wildman–Crippen LogP) is 3.08. The maximum atomic E-state index is 8.06. The minimum absolute atomic E-state index is 0.186. The summed E-state index contributed by atoms with van der Waals surface area (Å²) in [6.45, 7) is 6.06. The first-order valence-corrected chi connectivity index (χ1v) is 4.34. The van der Waals surface area contributed by atoms with Crippen molar-refractivity contribution in [2.75, 3.05) is 0 Å². The zero-order valence-corrected chi connectivity index (χ0v) is 7.15. The molecule has 0 radical (unpaired) electrons. The first kappa shape index (κ1) is 4.79. The monoisotopic (exact) mass is 140 g/mol. The topological polar surface area (TPSA) is 0 Å². The van der Waals surface area contributed by atoms with Gasteiger partial charge in [-0.1, -0.05) is 20.8 Å². The number of rotatable bonds is 1. The quantitative estimate of drug-likeness (QED) is 0.525. The van der Waals surface area contributed by atoms with Crippen molar-refractivity contribution in [3.8, 4) is 0 Å². The van der Waals surface area contributed by atoms with Crippen molar-refractivity contribution in [3.05, 3.63) is 0 Å². The van der Waals surface area contributed by atoms with E-state index in [9.17, 15) is 0 Å². The second kappa shape index (κ2) is 1.78. The summed E-state index contributed by atoms with van der Waals surface area (Å²) in [4.78, 5) is 0. The maximum Gasteiger partial charge on any atom is 0.0275 e. The van der Waals surface area contributed by atoms with Gasteiger partial charge in [0.2, 0.25) is 0 Å². The highest BCUT2D eigenvalue weighted by molar-refractivity contribution is 5.02. The maximum absolute atomic E-state index is 8.06. The van der Waals surface area contributed by atoms with Crippen LogP contribution in [0.25, 0.3) is 0 Å². The number of hydrogen-bond donors (Lipinski definition) is 0. The van der Waals surface area contributed by atoms with E-state index in [1.54, 1.807) is 0 Å². The second-order valence-electron chi connectivity index (χ2n) is 4.91. The Morgan fingerprint density at radius 3 is 1.90 bits per heavy atom. The van der Waals surface area contributed by atoms with Crippen molar-refractivity contribution < 1.29 is 2.74 Å². The fourth-order valence-corrected chi connectivity index (χ4v) is 2.02. The van der Waals surface area contributed by atoms with E-state index < -0.39 is 6.37 Å². The summed E-state index contributed by atoms with van der Waals surface area (Å²) < 4.78 is 16.1. The molecule has 0 aliphatic heterocycles. The highest BCUT2D eigenvalue weighted by atomic mass is 14.6. The third-order valence-electron chi connectivity index (χ3n) is 2.83. The van der Waals surface area contributed by atoms with E-state index in [4.69, 9.17) is 2.74 Å². The number of hydrogen-bond acceptors (Lipinski definition) is 0. The molecule has 0 aromatic rings. The molecule has 3 aliphatic carbocycles. The molecule has 0 nitrogen and oxygen atoms in total. The molecule has 3 fully saturated rings. The summed E-state index contributed by atoms with van der Waals surface area (Å²) in [5.74, 6) is 1.84. The van der Waals surface area contributed by atoms with Crippen LogP contribution in [0.3, 0.4) is 0 Å². The molecular weight excluding hydrogens is 120 g/mol. The molecule has 10 heavy (non-hydrogen) atoms. The Labute approximate surface area is 66.8 Å². The van der Waals surface area contributed by atoms with Gasteiger partial charge in [0, 0.05) is 2.74 Å². The van der Waals surface area contributed by atoms with Gasteiger partial charge in [-0.05, 0) is 42.4 Å². The smallest absolute Gasteiger partial charge is 0.0275 e. The molecule has 3 rings (SSSR count). The van der Waals surface area contributed by atoms with Gasteiger partial charge < -0.3 is 0 Å². The van der Waals surface area contributed by atoms with Gasteiger partial charge in [-0.15, -0.1) is 0 Å². The zero-order chi connectivity index (χ0) is 9.15. The molecule has 3 saturated carbocycles. The fourth-order valence-electron chi connectivity index (χ4n) is 2.02. The Morgan fingerprint density at radius 1 is 1.30 bits per heavy atom. The largest absolute Gasteiger partial charge is 0.0602 e. The van der Waals surface area contributed by atoms with Gasteiger partial charge in [0.1, 0.15) is 0 Å². The summed E-state index contributed by atoms with van der Waals surface area (Å²) in [7, 11) is 0. The van der Waals surface area contributed by atoms with E-state index >= 15 is 0 Å². The normalized spacial score (nSPS) is 48.5. The van der Waals surface area contributed by atoms with Crippen molar-refractivity contribution in [2.45, 2.75) is 40.0 Å². The van der Waals surface area contributed by atoms with Crippen LogP contribution in [0.5, 0.6) is 0 Å². The van der Waals surface area contributed by atoms with Gasteiger partial charge in [0.15, 0.2) is 0 Å². The fraction of sp³-hybridized carbons (Fsp3) is 1.00. The minimum atomic E-state index is -0.946. The summed E-state index contributed by atoms with van der Waals surface area (Å²) in [5.41, 5.74) is -0.186. The Kier molecular flexibility index (Phi) is 0.852. The highest BCUT2D eigenvalue weighted by Crippen LogP contribution is 2.61. The van der Waals surface area contributed by atoms with Crippen molar-refractivity contribution in [1.82, 2.24) is 0 Å². The van der Waals surface area contributed by atoms with E-state index in [-0.39, 0.29) is 5.41 Å². The predicted molar refractivity (Wildman–Crippen MR) is 43.8 cm³/mol. The average Bonchev–Trinajstić information content (AvgIpc) is 1.47. The Morgan fingerprint density at radius 2 is 1.80 bits per heavy atom. The minimum Gasteiger partial charge on any atom is -0.0602 e. The molecule has 3 aliphatic rings. The molecule has 0 saturated heterocycles. The van der Waals surface area contributed by atoms with Crippen LogP contribution in [0.2, 0.25) is 0 Å². The van der Waals surface area contributed by atoms with Gasteiger partial charge >= 0.3 is 0 Å². The summed E-state index contributed by atoms with van der Waals surface area (Å²) >= 11 is 0. The SMILES string of the molecule is [2H]C([2H])(C1C2CC1C2)C(C)(C)C. The molecule has 0 amide bonds. The van der Waals surface area contributed by atoms with Crippen LogP contribution in [-0.2, 0) is 0 Å². The van der Waals surface area contributed by atoms with Crippen molar-refractivity contribution in [3.63, 3.8) is 0 Å². The molecule has 0 heterocycles. The summed E-state index contributed by atoms with van der Waals surface area (Å²) in [6, 6.07) is 0. The Hall–Kier alpha value is 0. The van der Waals surface area contributed by atoms with Crippen LogP contribution in [0.1, 0.15) is 42.7 Å². The van der Waals surface area contributed by atoms with Gasteiger partial charge in [-0.3, -0.25) is 0 Å². The van der Waals surface area contributed by atoms with Crippen LogP contribution in [-0.4, -0.2) is 0 Å². The first-order chi connectivity index (χ1) is 5.34. The average molecular weight is 140 g/mol. The summed E-state index contributed by atoms with van der Waals surface area (Å²) in [6.07, 6.45) is 1.67.